The van der Waals surface area contributed by atoms with Crippen LogP contribution in [0.5, 0.6) is 0 Å². The largest absolute Gasteiger partial charge is 0.347 e. The highest BCUT2D eigenvalue weighted by molar-refractivity contribution is 5.79. The Morgan fingerprint density at radius 2 is 1.75 bits per heavy atom. The van der Waals surface area contributed by atoms with Crippen LogP contribution in [0.2, 0.25) is 0 Å². The SMILES string of the molecule is [2H]C1([2H])C[C@]2(C)[C@H]3CC[C@@]4(C)[C@@H](CCC45OCCO5)[C@@H]3CC[C@H]2C([2H])([2H])C1=O. The molecule has 24 heavy (non-hydrogen) atoms. The lowest BCUT2D eigenvalue weighted by Gasteiger charge is -2.60. The van der Waals surface area contributed by atoms with Gasteiger partial charge in [-0.2, -0.15) is 0 Å². The minimum atomic E-state index is -2.08. The molecular weight excluding hydrogens is 300 g/mol. The molecule has 0 aromatic rings. The molecule has 3 nitrogen and oxygen atoms in total. The van der Waals surface area contributed by atoms with Crippen LogP contribution in [-0.4, -0.2) is 24.8 Å². The van der Waals surface area contributed by atoms with E-state index in [1.807, 2.05) is 0 Å². The summed E-state index contributed by atoms with van der Waals surface area (Å²) in [5.74, 6) is -0.500. The summed E-state index contributed by atoms with van der Waals surface area (Å²) in [5.41, 5.74) is -0.491. The summed E-state index contributed by atoms with van der Waals surface area (Å²) < 4.78 is 45.9. The molecule has 5 fully saturated rings. The normalized spacial score (nSPS) is 59.5. The third-order valence-electron chi connectivity index (χ3n) is 8.60. The molecule has 4 saturated carbocycles. The summed E-state index contributed by atoms with van der Waals surface area (Å²) in [5, 5.41) is 0. The molecule has 1 spiro atoms. The summed E-state index contributed by atoms with van der Waals surface area (Å²) >= 11 is 0. The molecule has 134 valence electrons. The van der Waals surface area contributed by atoms with E-state index in [0.29, 0.717) is 31.5 Å². The third kappa shape index (κ3) is 1.84. The topological polar surface area (TPSA) is 35.5 Å². The van der Waals surface area contributed by atoms with Crippen LogP contribution in [-0.2, 0) is 14.3 Å². The fraction of sp³-hybridized carbons (Fsp3) is 0.952. The first-order valence-electron chi connectivity index (χ1n) is 11.8. The van der Waals surface area contributed by atoms with Crippen LogP contribution in [0.15, 0.2) is 0 Å². The van der Waals surface area contributed by atoms with Crippen LogP contribution in [0.3, 0.4) is 0 Å². The van der Waals surface area contributed by atoms with Gasteiger partial charge < -0.3 is 9.47 Å². The highest BCUT2D eigenvalue weighted by Gasteiger charge is 2.67. The Labute approximate surface area is 151 Å². The highest BCUT2D eigenvalue weighted by Crippen LogP contribution is 2.69. The average Bonchev–Trinajstić information content (AvgIpc) is 3.19. The van der Waals surface area contributed by atoms with Crippen molar-refractivity contribution in [1.29, 1.82) is 0 Å². The summed E-state index contributed by atoms with van der Waals surface area (Å²) in [6.45, 7) is 5.73. The van der Waals surface area contributed by atoms with Gasteiger partial charge in [0.05, 0.1) is 13.2 Å². The Morgan fingerprint density at radius 3 is 2.54 bits per heavy atom. The van der Waals surface area contributed by atoms with Crippen LogP contribution >= 0.6 is 0 Å². The molecule has 0 unspecified atom stereocenters. The fourth-order valence-electron chi connectivity index (χ4n) is 7.31. The van der Waals surface area contributed by atoms with Crippen molar-refractivity contribution in [3.8, 4) is 0 Å². The van der Waals surface area contributed by atoms with Crippen LogP contribution in [0.25, 0.3) is 0 Å². The predicted octanol–water partition coefficient (Wildman–Crippen LogP) is 4.34. The van der Waals surface area contributed by atoms with Crippen molar-refractivity contribution in [2.75, 3.05) is 13.2 Å². The lowest BCUT2D eigenvalue weighted by molar-refractivity contribution is -0.246. The summed E-state index contributed by atoms with van der Waals surface area (Å²) in [4.78, 5) is 12.5. The smallest absolute Gasteiger partial charge is 0.174 e. The van der Waals surface area contributed by atoms with Gasteiger partial charge in [-0.3, -0.25) is 4.79 Å². The van der Waals surface area contributed by atoms with Gasteiger partial charge in [0.15, 0.2) is 5.79 Å². The van der Waals surface area contributed by atoms with Gasteiger partial charge in [0.2, 0.25) is 0 Å². The van der Waals surface area contributed by atoms with Crippen molar-refractivity contribution < 1.29 is 19.8 Å². The van der Waals surface area contributed by atoms with Gasteiger partial charge in [0, 0.05) is 30.1 Å². The minimum Gasteiger partial charge on any atom is -0.347 e. The zero-order chi connectivity index (χ0) is 20.2. The van der Waals surface area contributed by atoms with E-state index >= 15 is 0 Å². The van der Waals surface area contributed by atoms with Gasteiger partial charge in [-0.1, -0.05) is 13.8 Å². The molecule has 1 heterocycles. The number of fused-ring (bicyclic) bond motifs is 6. The predicted molar refractivity (Wildman–Crippen MR) is 91.4 cm³/mol. The standard InChI is InChI=1S/C21H32O3/c1-19-8-5-15(22)13-14(19)3-4-16-17(19)6-9-20(2)18(16)7-10-21(20)23-11-12-24-21/h14,16-18H,3-13H2,1-2H3/t14-,16+,17-,18-,19-,20-/m0/s1/i5D2,13D2. The van der Waals surface area contributed by atoms with Crippen molar-refractivity contribution in [3.05, 3.63) is 0 Å². The van der Waals surface area contributed by atoms with E-state index in [9.17, 15) is 4.79 Å². The molecule has 5 rings (SSSR count). The van der Waals surface area contributed by atoms with Gasteiger partial charge in [0.1, 0.15) is 5.78 Å². The molecule has 6 atom stereocenters. The second-order valence-corrected chi connectivity index (χ2v) is 9.28. The second kappa shape index (κ2) is 5.07. The van der Waals surface area contributed by atoms with E-state index < -0.39 is 29.7 Å². The third-order valence-corrected chi connectivity index (χ3v) is 8.60. The number of hydrogen-bond donors (Lipinski definition) is 0. The van der Waals surface area contributed by atoms with Gasteiger partial charge in [0.25, 0.3) is 0 Å². The number of carbonyl (C=O) groups excluding carboxylic acids is 1. The van der Waals surface area contributed by atoms with Crippen molar-refractivity contribution in [2.45, 2.75) is 77.3 Å². The first-order chi connectivity index (χ1) is 13.0. The number of Topliss-reactive ketones (excluding diaryl/α,β-unsaturated/α-hetero) is 1. The van der Waals surface area contributed by atoms with Gasteiger partial charge in [-0.15, -0.1) is 0 Å². The summed E-state index contributed by atoms with van der Waals surface area (Å²) in [6, 6.07) is 0. The Morgan fingerprint density at radius 1 is 1.00 bits per heavy atom. The first kappa shape index (κ1) is 12.1. The maximum Gasteiger partial charge on any atom is 0.174 e. The van der Waals surface area contributed by atoms with Crippen LogP contribution in [0.1, 0.15) is 77.0 Å². The van der Waals surface area contributed by atoms with Crippen molar-refractivity contribution >= 4 is 5.78 Å². The first-order valence-corrected chi connectivity index (χ1v) is 9.81. The fourth-order valence-corrected chi connectivity index (χ4v) is 7.31. The molecular formula is C21H32O3. The molecule has 0 aromatic carbocycles. The molecule has 0 radical (unpaired) electrons. The van der Waals surface area contributed by atoms with E-state index in [1.165, 1.54) is 0 Å². The Balaban J connectivity index is 1.51. The molecule has 1 aliphatic heterocycles. The van der Waals surface area contributed by atoms with Crippen LogP contribution < -0.4 is 0 Å². The summed E-state index contributed by atoms with van der Waals surface area (Å²) in [6.07, 6.45) is 1.52. The number of ether oxygens (including phenoxy) is 2. The number of rotatable bonds is 0. The molecule has 0 aromatic heterocycles. The maximum atomic E-state index is 12.5. The van der Waals surface area contributed by atoms with Crippen LogP contribution in [0, 0.1) is 34.5 Å². The molecule has 3 heteroatoms. The quantitative estimate of drug-likeness (QED) is 0.660. The number of carbonyl (C=O) groups is 1. The molecule has 1 saturated heterocycles. The number of hydrogen-bond acceptors (Lipinski definition) is 3. The molecule has 5 aliphatic rings. The van der Waals surface area contributed by atoms with E-state index in [1.54, 1.807) is 0 Å². The van der Waals surface area contributed by atoms with Gasteiger partial charge in [-0.05, 0) is 67.6 Å². The number of ketones is 1. The Hall–Kier alpha value is -0.410. The van der Waals surface area contributed by atoms with Crippen molar-refractivity contribution in [1.82, 2.24) is 0 Å². The maximum absolute atomic E-state index is 12.5. The second-order valence-electron chi connectivity index (χ2n) is 9.28. The lowest BCUT2D eigenvalue weighted by atomic mass is 9.45. The monoisotopic (exact) mass is 336 g/mol. The van der Waals surface area contributed by atoms with Gasteiger partial charge in [-0.25, -0.2) is 0 Å². The van der Waals surface area contributed by atoms with E-state index in [0.717, 1.165) is 32.1 Å². The van der Waals surface area contributed by atoms with Crippen molar-refractivity contribution in [2.24, 2.45) is 34.5 Å². The summed E-state index contributed by atoms with van der Waals surface area (Å²) in [7, 11) is 0. The minimum absolute atomic E-state index is 0.0175. The average molecular weight is 337 g/mol. The molecule has 0 bridgehead atoms. The van der Waals surface area contributed by atoms with E-state index in [2.05, 4.69) is 13.8 Å². The Kier molecular flexibility index (Phi) is 2.55. The molecule has 4 aliphatic carbocycles. The zero-order valence-corrected chi connectivity index (χ0v) is 14.9. The zero-order valence-electron chi connectivity index (χ0n) is 18.9. The van der Waals surface area contributed by atoms with Gasteiger partial charge >= 0.3 is 0 Å². The molecule has 0 amide bonds. The van der Waals surface area contributed by atoms with E-state index in [-0.39, 0.29) is 23.7 Å². The van der Waals surface area contributed by atoms with Crippen LogP contribution in [0.4, 0.5) is 0 Å². The van der Waals surface area contributed by atoms with Crippen molar-refractivity contribution in [3.63, 3.8) is 0 Å². The molecule has 0 N–H and O–H groups in total. The lowest BCUT2D eigenvalue weighted by Crippen LogP contribution is -2.56. The highest BCUT2D eigenvalue weighted by atomic mass is 16.7. The van der Waals surface area contributed by atoms with E-state index in [4.69, 9.17) is 15.0 Å². The Bertz CT molecular complexity index is 704.